The number of furan rings is 1. The van der Waals surface area contributed by atoms with Crippen molar-refractivity contribution in [3.63, 3.8) is 0 Å². The van der Waals surface area contributed by atoms with Gasteiger partial charge in [-0.05, 0) is 37.1 Å². The fourth-order valence-electron chi connectivity index (χ4n) is 1.83. The highest BCUT2D eigenvalue weighted by Gasteiger charge is 2.17. The van der Waals surface area contributed by atoms with E-state index in [1.165, 1.54) is 12.1 Å². The zero-order chi connectivity index (χ0) is 13.1. The fraction of sp³-hybridized carbons (Fsp3) is 0.286. The van der Waals surface area contributed by atoms with Gasteiger partial charge in [-0.3, -0.25) is 0 Å². The zero-order valence-corrected chi connectivity index (χ0v) is 10.3. The van der Waals surface area contributed by atoms with Gasteiger partial charge >= 0.3 is 0 Å². The van der Waals surface area contributed by atoms with Crippen LogP contribution in [0.1, 0.15) is 30.7 Å². The van der Waals surface area contributed by atoms with E-state index in [1.807, 2.05) is 6.92 Å². The molecular formula is C14H15F2NO. The van der Waals surface area contributed by atoms with E-state index in [4.69, 9.17) is 4.42 Å². The lowest BCUT2D eigenvalue weighted by molar-refractivity contribution is 0.470. The van der Waals surface area contributed by atoms with Crippen LogP contribution in [0, 0.1) is 18.6 Å². The normalized spacial score (nSPS) is 12.4. The lowest BCUT2D eigenvalue weighted by Gasteiger charge is -2.17. The molecule has 4 heteroatoms. The highest BCUT2D eigenvalue weighted by molar-refractivity contribution is 5.50. The van der Waals surface area contributed by atoms with E-state index in [1.54, 1.807) is 25.3 Å². The summed E-state index contributed by atoms with van der Waals surface area (Å²) >= 11 is 0. The van der Waals surface area contributed by atoms with Crippen molar-refractivity contribution in [1.29, 1.82) is 0 Å². The predicted molar refractivity (Wildman–Crippen MR) is 66.5 cm³/mol. The number of aryl methyl sites for hydroxylation is 1. The van der Waals surface area contributed by atoms with E-state index in [0.29, 0.717) is 17.7 Å². The lowest BCUT2D eigenvalue weighted by atomic mass is 10.1. The number of hydrogen-bond donors (Lipinski definition) is 1. The maximum absolute atomic E-state index is 13.9. The molecule has 0 amide bonds. The largest absolute Gasteiger partial charge is 0.467 e. The summed E-state index contributed by atoms with van der Waals surface area (Å²) in [6.07, 6.45) is 2.21. The number of rotatable bonds is 4. The average Bonchev–Trinajstić information content (AvgIpc) is 2.88. The minimum absolute atomic E-state index is 0.0988. The molecule has 1 aromatic carbocycles. The Kier molecular flexibility index (Phi) is 3.65. The molecule has 0 saturated heterocycles. The summed E-state index contributed by atoms with van der Waals surface area (Å²) < 4.78 is 32.8. The molecule has 0 radical (unpaired) electrons. The number of nitrogens with one attached hydrogen (secondary N) is 1. The minimum atomic E-state index is -0.594. The minimum Gasteiger partial charge on any atom is -0.467 e. The van der Waals surface area contributed by atoms with Gasteiger partial charge in [0, 0.05) is 0 Å². The second-order valence-corrected chi connectivity index (χ2v) is 4.17. The molecule has 0 bridgehead atoms. The quantitative estimate of drug-likeness (QED) is 0.869. The third kappa shape index (κ3) is 2.37. The maximum atomic E-state index is 13.9. The fourth-order valence-corrected chi connectivity index (χ4v) is 1.83. The number of benzene rings is 1. The predicted octanol–water partition coefficient (Wildman–Crippen LogP) is 4.43. The highest BCUT2D eigenvalue weighted by Crippen LogP contribution is 2.28. The van der Waals surface area contributed by atoms with Gasteiger partial charge in [-0.2, -0.15) is 0 Å². The number of hydrogen-bond acceptors (Lipinski definition) is 2. The smallest absolute Gasteiger partial charge is 0.152 e. The Morgan fingerprint density at radius 3 is 2.67 bits per heavy atom. The molecule has 1 atom stereocenters. The van der Waals surface area contributed by atoms with Crippen LogP contribution in [0.25, 0.3) is 0 Å². The lowest BCUT2D eigenvalue weighted by Crippen LogP contribution is -2.12. The highest BCUT2D eigenvalue weighted by atomic mass is 19.1. The molecule has 0 saturated carbocycles. The van der Waals surface area contributed by atoms with E-state index in [-0.39, 0.29) is 11.7 Å². The Hall–Kier alpha value is -1.84. The summed E-state index contributed by atoms with van der Waals surface area (Å²) in [5, 5.41) is 2.86. The Balaban J connectivity index is 2.30. The van der Waals surface area contributed by atoms with E-state index in [9.17, 15) is 8.78 Å². The van der Waals surface area contributed by atoms with Gasteiger partial charge in [0.25, 0.3) is 0 Å². The van der Waals surface area contributed by atoms with Crippen LogP contribution in [-0.4, -0.2) is 0 Å². The number of anilines is 1. The van der Waals surface area contributed by atoms with Crippen molar-refractivity contribution in [3.05, 3.63) is 53.5 Å². The molecule has 2 nitrogen and oxygen atoms in total. The molecule has 1 aromatic heterocycles. The molecular weight excluding hydrogens is 236 g/mol. The SMILES string of the molecule is CCC(Nc1c(F)ccc(C)c1F)c1ccco1. The van der Waals surface area contributed by atoms with Crippen molar-refractivity contribution in [2.75, 3.05) is 5.32 Å². The Morgan fingerprint density at radius 2 is 2.06 bits per heavy atom. The van der Waals surface area contributed by atoms with Crippen molar-refractivity contribution < 1.29 is 13.2 Å². The van der Waals surface area contributed by atoms with Gasteiger partial charge in [-0.15, -0.1) is 0 Å². The molecule has 18 heavy (non-hydrogen) atoms. The summed E-state index contributed by atoms with van der Waals surface area (Å²) in [6, 6.07) is 5.97. The summed E-state index contributed by atoms with van der Waals surface area (Å²) in [6.45, 7) is 3.53. The van der Waals surface area contributed by atoms with Crippen LogP contribution < -0.4 is 5.32 Å². The van der Waals surface area contributed by atoms with Crippen LogP contribution in [0.5, 0.6) is 0 Å². The molecule has 0 aliphatic carbocycles. The van der Waals surface area contributed by atoms with Gasteiger partial charge in [0.05, 0.1) is 12.3 Å². The van der Waals surface area contributed by atoms with Crippen LogP contribution in [0.3, 0.4) is 0 Å². The van der Waals surface area contributed by atoms with Gasteiger partial charge < -0.3 is 9.73 Å². The van der Waals surface area contributed by atoms with Crippen molar-refractivity contribution in [2.24, 2.45) is 0 Å². The first-order chi connectivity index (χ1) is 8.63. The molecule has 2 aromatic rings. The van der Waals surface area contributed by atoms with Gasteiger partial charge in [0.1, 0.15) is 17.3 Å². The molecule has 1 N–H and O–H groups in total. The Labute approximate surface area is 105 Å². The number of halogens is 2. The summed E-state index contributed by atoms with van der Waals surface area (Å²) in [5.74, 6) is -0.485. The van der Waals surface area contributed by atoms with Gasteiger partial charge in [-0.1, -0.05) is 13.0 Å². The molecule has 1 heterocycles. The third-order valence-corrected chi connectivity index (χ3v) is 2.90. The van der Waals surface area contributed by atoms with Gasteiger partial charge in [0.15, 0.2) is 5.82 Å². The van der Waals surface area contributed by atoms with Crippen molar-refractivity contribution in [3.8, 4) is 0 Å². The van der Waals surface area contributed by atoms with Crippen LogP contribution in [-0.2, 0) is 0 Å². The first-order valence-electron chi connectivity index (χ1n) is 5.88. The molecule has 96 valence electrons. The third-order valence-electron chi connectivity index (χ3n) is 2.90. The van der Waals surface area contributed by atoms with Gasteiger partial charge in [-0.25, -0.2) is 8.78 Å². The second-order valence-electron chi connectivity index (χ2n) is 4.17. The monoisotopic (exact) mass is 251 g/mol. The Morgan fingerprint density at radius 1 is 1.28 bits per heavy atom. The molecule has 2 rings (SSSR count). The molecule has 0 aliphatic rings. The van der Waals surface area contributed by atoms with E-state index in [0.717, 1.165) is 0 Å². The van der Waals surface area contributed by atoms with E-state index >= 15 is 0 Å². The zero-order valence-electron chi connectivity index (χ0n) is 10.3. The van der Waals surface area contributed by atoms with Crippen molar-refractivity contribution in [1.82, 2.24) is 0 Å². The van der Waals surface area contributed by atoms with Crippen molar-refractivity contribution in [2.45, 2.75) is 26.3 Å². The first kappa shape index (κ1) is 12.6. The molecule has 0 aliphatic heterocycles. The summed E-state index contributed by atoms with van der Waals surface area (Å²) in [5.41, 5.74) is 0.312. The van der Waals surface area contributed by atoms with Gasteiger partial charge in [0.2, 0.25) is 0 Å². The molecule has 0 spiro atoms. The maximum Gasteiger partial charge on any atom is 0.152 e. The van der Waals surface area contributed by atoms with Crippen molar-refractivity contribution >= 4 is 5.69 Å². The van der Waals surface area contributed by atoms with Crippen LogP contribution in [0.2, 0.25) is 0 Å². The molecule has 1 unspecified atom stereocenters. The topological polar surface area (TPSA) is 25.2 Å². The molecule has 0 fully saturated rings. The Bertz CT molecular complexity index is 523. The van der Waals surface area contributed by atoms with Crippen LogP contribution in [0.15, 0.2) is 34.9 Å². The first-order valence-corrected chi connectivity index (χ1v) is 5.88. The van der Waals surface area contributed by atoms with Crippen LogP contribution in [0.4, 0.5) is 14.5 Å². The second kappa shape index (κ2) is 5.21. The summed E-state index contributed by atoms with van der Waals surface area (Å²) in [7, 11) is 0. The standard InChI is InChI=1S/C14H15F2NO/c1-3-11(12-5-4-8-18-12)17-14-10(15)7-6-9(2)13(14)16/h4-8,11,17H,3H2,1-2H3. The average molecular weight is 251 g/mol. The van der Waals surface area contributed by atoms with E-state index < -0.39 is 11.6 Å². The van der Waals surface area contributed by atoms with Crippen LogP contribution >= 0.6 is 0 Å². The summed E-state index contributed by atoms with van der Waals surface area (Å²) in [4.78, 5) is 0. The van der Waals surface area contributed by atoms with E-state index in [2.05, 4.69) is 5.32 Å².